The Balaban J connectivity index is 2.84. The van der Waals surface area contributed by atoms with Crippen molar-refractivity contribution in [2.45, 2.75) is 33.2 Å². The molecule has 0 heterocycles. The lowest BCUT2D eigenvalue weighted by atomic mass is 10.0. The monoisotopic (exact) mass is 335 g/mol. The standard InChI is InChI=1S/C17H25N3O4/c1-4-24-15-7-6-12(2)10-14(15)13(3)19-16(22)17(23)20(11-21)9-5-8-18/h6-7,10-11,13H,4-5,8-9,18H2,1-3H3,(H,19,22). The van der Waals surface area contributed by atoms with Crippen molar-refractivity contribution >= 4 is 18.2 Å². The van der Waals surface area contributed by atoms with E-state index in [2.05, 4.69) is 5.32 Å². The number of carbonyl (C=O) groups excluding carboxylic acids is 3. The number of nitrogens with one attached hydrogen (secondary N) is 1. The van der Waals surface area contributed by atoms with Gasteiger partial charge in [0.25, 0.3) is 0 Å². The van der Waals surface area contributed by atoms with Crippen molar-refractivity contribution < 1.29 is 19.1 Å². The largest absolute Gasteiger partial charge is 0.494 e. The Kier molecular flexibility index (Phi) is 7.91. The van der Waals surface area contributed by atoms with Crippen molar-refractivity contribution in [1.29, 1.82) is 0 Å². The first-order chi connectivity index (χ1) is 11.4. The van der Waals surface area contributed by atoms with Crippen LogP contribution in [-0.2, 0) is 14.4 Å². The van der Waals surface area contributed by atoms with Gasteiger partial charge in [-0.05, 0) is 39.8 Å². The normalized spacial score (nSPS) is 11.5. The number of hydrogen-bond donors (Lipinski definition) is 2. The smallest absolute Gasteiger partial charge is 0.318 e. The van der Waals surface area contributed by atoms with E-state index >= 15 is 0 Å². The van der Waals surface area contributed by atoms with Crippen LogP contribution in [0, 0.1) is 6.92 Å². The molecule has 0 aromatic heterocycles. The summed E-state index contributed by atoms with van der Waals surface area (Å²) in [6, 6.07) is 5.20. The predicted molar refractivity (Wildman–Crippen MR) is 90.4 cm³/mol. The van der Waals surface area contributed by atoms with Gasteiger partial charge in [-0.2, -0.15) is 0 Å². The van der Waals surface area contributed by atoms with Crippen LogP contribution in [0.25, 0.3) is 0 Å². The van der Waals surface area contributed by atoms with E-state index in [4.69, 9.17) is 10.5 Å². The second kappa shape index (κ2) is 9.67. The number of nitrogens with two attached hydrogens (primary N) is 1. The summed E-state index contributed by atoms with van der Waals surface area (Å²) in [5.74, 6) is -1.08. The van der Waals surface area contributed by atoms with Gasteiger partial charge in [0.15, 0.2) is 0 Å². The number of nitrogens with zero attached hydrogens (tertiary/aromatic N) is 1. The van der Waals surface area contributed by atoms with Crippen LogP contribution in [0.1, 0.15) is 37.4 Å². The predicted octanol–water partition coefficient (Wildman–Crippen LogP) is 0.905. The lowest BCUT2D eigenvalue weighted by Gasteiger charge is -2.20. The molecule has 3 N–H and O–H groups in total. The molecule has 1 rings (SSSR count). The van der Waals surface area contributed by atoms with E-state index in [1.807, 2.05) is 32.0 Å². The molecule has 1 unspecified atom stereocenters. The van der Waals surface area contributed by atoms with Crippen LogP contribution in [0.15, 0.2) is 18.2 Å². The van der Waals surface area contributed by atoms with Crippen LogP contribution in [0.5, 0.6) is 5.75 Å². The lowest BCUT2D eigenvalue weighted by molar-refractivity contribution is -0.149. The molecular formula is C17H25N3O4. The molecule has 0 saturated heterocycles. The number of hydrogen-bond acceptors (Lipinski definition) is 5. The first kappa shape index (κ1) is 19.6. The van der Waals surface area contributed by atoms with Crippen molar-refractivity contribution in [3.8, 4) is 5.75 Å². The van der Waals surface area contributed by atoms with Crippen LogP contribution >= 0.6 is 0 Å². The maximum Gasteiger partial charge on any atom is 0.318 e. The fourth-order valence-electron chi connectivity index (χ4n) is 2.22. The van der Waals surface area contributed by atoms with Gasteiger partial charge >= 0.3 is 11.8 Å². The Bertz CT molecular complexity index is 589. The van der Waals surface area contributed by atoms with Gasteiger partial charge in [-0.15, -0.1) is 0 Å². The molecule has 1 aromatic carbocycles. The SMILES string of the molecule is CCOc1ccc(C)cc1C(C)NC(=O)C(=O)N(C=O)CCCN. The maximum absolute atomic E-state index is 12.1. The Morgan fingerprint density at radius 3 is 2.71 bits per heavy atom. The second-order valence-electron chi connectivity index (χ2n) is 5.42. The summed E-state index contributed by atoms with van der Waals surface area (Å²) in [5, 5.41) is 2.61. The summed E-state index contributed by atoms with van der Waals surface area (Å²) in [6.07, 6.45) is 0.792. The second-order valence-corrected chi connectivity index (χ2v) is 5.42. The van der Waals surface area contributed by atoms with Crippen LogP contribution in [0.4, 0.5) is 0 Å². The molecule has 1 atom stereocenters. The summed E-state index contributed by atoms with van der Waals surface area (Å²) in [6.45, 7) is 6.50. The lowest BCUT2D eigenvalue weighted by Crippen LogP contribution is -2.43. The van der Waals surface area contributed by atoms with Crippen molar-refractivity contribution in [3.05, 3.63) is 29.3 Å². The third-order valence-corrected chi connectivity index (χ3v) is 3.46. The fourth-order valence-corrected chi connectivity index (χ4v) is 2.22. The zero-order valence-corrected chi connectivity index (χ0v) is 14.4. The van der Waals surface area contributed by atoms with Gasteiger partial charge in [-0.25, -0.2) is 0 Å². The molecule has 7 heteroatoms. The van der Waals surface area contributed by atoms with Gasteiger partial charge in [0.1, 0.15) is 5.75 Å². The summed E-state index contributed by atoms with van der Waals surface area (Å²) in [7, 11) is 0. The molecule has 0 aliphatic rings. The van der Waals surface area contributed by atoms with Crippen LogP contribution in [-0.4, -0.2) is 42.8 Å². The van der Waals surface area contributed by atoms with Crippen LogP contribution in [0.2, 0.25) is 0 Å². The highest BCUT2D eigenvalue weighted by Gasteiger charge is 2.24. The molecular weight excluding hydrogens is 310 g/mol. The quantitative estimate of drug-likeness (QED) is 0.543. The molecule has 0 bridgehead atoms. The zero-order chi connectivity index (χ0) is 18.1. The average Bonchev–Trinajstić information content (AvgIpc) is 2.56. The molecule has 0 spiro atoms. The Hall–Kier alpha value is -2.41. The highest BCUT2D eigenvalue weighted by atomic mass is 16.5. The molecule has 7 nitrogen and oxygen atoms in total. The number of carbonyl (C=O) groups is 3. The number of benzene rings is 1. The van der Waals surface area contributed by atoms with Gasteiger partial charge < -0.3 is 15.8 Å². The molecule has 0 radical (unpaired) electrons. The van der Waals surface area contributed by atoms with Gasteiger partial charge in [-0.1, -0.05) is 17.7 Å². The van der Waals surface area contributed by atoms with E-state index in [1.165, 1.54) is 0 Å². The number of ether oxygens (including phenoxy) is 1. The third-order valence-electron chi connectivity index (χ3n) is 3.46. The van der Waals surface area contributed by atoms with Crippen LogP contribution < -0.4 is 15.8 Å². The van der Waals surface area contributed by atoms with Crippen molar-refractivity contribution in [2.75, 3.05) is 19.7 Å². The van der Waals surface area contributed by atoms with Crippen molar-refractivity contribution in [2.24, 2.45) is 5.73 Å². The fraction of sp³-hybridized carbons (Fsp3) is 0.471. The van der Waals surface area contributed by atoms with Gasteiger partial charge in [0.05, 0.1) is 12.6 Å². The third kappa shape index (κ3) is 5.34. The van der Waals surface area contributed by atoms with E-state index < -0.39 is 17.9 Å². The number of aryl methyl sites for hydroxylation is 1. The van der Waals surface area contributed by atoms with Gasteiger partial charge in [0, 0.05) is 12.1 Å². The highest BCUT2D eigenvalue weighted by molar-refractivity contribution is 6.36. The minimum absolute atomic E-state index is 0.120. The van der Waals surface area contributed by atoms with E-state index in [0.717, 1.165) is 16.0 Å². The Morgan fingerprint density at radius 2 is 2.12 bits per heavy atom. The molecule has 0 aliphatic heterocycles. The van der Waals surface area contributed by atoms with Crippen LogP contribution in [0.3, 0.4) is 0 Å². The molecule has 0 fully saturated rings. The molecule has 3 amide bonds. The summed E-state index contributed by atoms with van der Waals surface area (Å²) < 4.78 is 5.56. The minimum atomic E-state index is -0.893. The molecule has 0 aliphatic carbocycles. The zero-order valence-electron chi connectivity index (χ0n) is 14.4. The first-order valence-electron chi connectivity index (χ1n) is 7.94. The van der Waals surface area contributed by atoms with E-state index in [1.54, 1.807) is 6.92 Å². The first-order valence-corrected chi connectivity index (χ1v) is 7.94. The summed E-state index contributed by atoms with van der Waals surface area (Å²) in [4.78, 5) is 35.9. The van der Waals surface area contributed by atoms with E-state index in [-0.39, 0.29) is 6.54 Å². The Labute approximate surface area is 142 Å². The number of amides is 3. The number of rotatable bonds is 8. The summed E-state index contributed by atoms with van der Waals surface area (Å²) >= 11 is 0. The Morgan fingerprint density at radius 1 is 1.42 bits per heavy atom. The van der Waals surface area contributed by atoms with E-state index in [0.29, 0.717) is 31.7 Å². The maximum atomic E-state index is 12.1. The topological polar surface area (TPSA) is 102 Å². The molecule has 0 saturated carbocycles. The molecule has 132 valence electrons. The minimum Gasteiger partial charge on any atom is -0.494 e. The molecule has 1 aromatic rings. The number of imide groups is 1. The highest BCUT2D eigenvalue weighted by Crippen LogP contribution is 2.26. The van der Waals surface area contributed by atoms with Gasteiger partial charge in [0.2, 0.25) is 6.41 Å². The molecule has 24 heavy (non-hydrogen) atoms. The summed E-state index contributed by atoms with van der Waals surface area (Å²) in [5.41, 5.74) is 7.14. The van der Waals surface area contributed by atoms with Crippen molar-refractivity contribution in [1.82, 2.24) is 10.2 Å². The van der Waals surface area contributed by atoms with E-state index in [9.17, 15) is 14.4 Å². The average molecular weight is 335 g/mol. The van der Waals surface area contributed by atoms with Crippen molar-refractivity contribution in [3.63, 3.8) is 0 Å². The van der Waals surface area contributed by atoms with Gasteiger partial charge in [-0.3, -0.25) is 19.3 Å².